The topological polar surface area (TPSA) is 55.1 Å². The van der Waals surface area contributed by atoms with Crippen LogP contribution in [0.1, 0.15) is 75.2 Å². The van der Waals surface area contributed by atoms with E-state index in [1.807, 2.05) is 12.1 Å². The van der Waals surface area contributed by atoms with Gasteiger partial charge in [-0.2, -0.15) is 0 Å². The molecule has 0 spiro atoms. The largest absolute Gasteiger partial charge is 1.00 e. The van der Waals surface area contributed by atoms with Gasteiger partial charge in [0, 0.05) is 12.8 Å². The molecule has 5 heteroatoms. The molecule has 0 aliphatic heterocycles. The number of halogens is 1. The van der Waals surface area contributed by atoms with Crippen molar-refractivity contribution < 1.29 is 21.8 Å². The number of rotatable bonds is 12. The Kier molecular flexibility index (Phi) is 13.5. The summed E-state index contributed by atoms with van der Waals surface area (Å²) in [7, 11) is -0.939. The number of unbranched alkanes of at least 4 members (excludes halogenated alkanes) is 3. The number of carbonyl (C=O) groups is 1. The Morgan fingerprint density at radius 3 is 1.72 bits per heavy atom. The molecular weight excluding hydrogens is 395 g/mol. The maximum absolute atomic E-state index is 11.6. The van der Waals surface area contributed by atoms with Crippen molar-refractivity contribution in [3.8, 4) is 0 Å². The summed E-state index contributed by atoms with van der Waals surface area (Å²) in [6.45, 7) is 6.90. The van der Waals surface area contributed by atoms with Gasteiger partial charge in [0.05, 0.1) is 24.6 Å². The Labute approximate surface area is 165 Å². The van der Waals surface area contributed by atoms with Gasteiger partial charge in [-0.1, -0.05) is 52.2 Å². The van der Waals surface area contributed by atoms with Gasteiger partial charge in [0.15, 0.2) is 0 Å². The van der Waals surface area contributed by atoms with Crippen molar-refractivity contribution >= 4 is 13.2 Å². The maximum atomic E-state index is 11.6. The number of benzene rings is 1. The van der Waals surface area contributed by atoms with Gasteiger partial charge in [0.2, 0.25) is 0 Å². The third kappa shape index (κ3) is 8.66. The SMILES string of the molecule is CCCC[P+](CCCC)(CCCC)Cc1ccc(C(=O)NN)cc1.[Br-]. The van der Waals surface area contributed by atoms with Gasteiger partial charge < -0.3 is 17.0 Å². The first kappa shape index (κ1) is 24.6. The molecule has 1 aromatic carbocycles. The lowest BCUT2D eigenvalue weighted by molar-refractivity contribution is -0.0000135. The van der Waals surface area contributed by atoms with Crippen molar-refractivity contribution in [2.45, 2.75) is 65.5 Å². The summed E-state index contributed by atoms with van der Waals surface area (Å²) in [5.41, 5.74) is 4.23. The minimum Gasteiger partial charge on any atom is -1.00 e. The van der Waals surface area contributed by atoms with Crippen molar-refractivity contribution in [2.75, 3.05) is 18.5 Å². The lowest BCUT2D eigenvalue weighted by atomic mass is 10.1. The molecule has 144 valence electrons. The molecule has 0 heterocycles. The second-order valence-corrected chi connectivity index (χ2v) is 11.2. The number of nitrogens with two attached hydrogens (primary N) is 1. The number of hydrogen-bond donors (Lipinski definition) is 2. The van der Waals surface area contributed by atoms with Crippen LogP contribution in [0.25, 0.3) is 0 Å². The smallest absolute Gasteiger partial charge is 0.265 e. The van der Waals surface area contributed by atoms with E-state index in [-0.39, 0.29) is 22.9 Å². The fourth-order valence-electron chi connectivity index (χ4n) is 3.29. The van der Waals surface area contributed by atoms with Crippen LogP contribution in [0.2, 0.25) is 0 Å². The molecule has 0 aromatic heterocycles. The lowest BCUT2D eigenvalue weighted by Crippen LogP contribution is -3.00. The van der Waals surface area contributed by atoms with Crippen LogP contribution >= 0.6 is 7.26 Å². The number of nitrogens with one attached hydrogen (secondary N) is 1. The van der Waals surface area contributed by atoms with Gasteiger partial charge in [-0.05, 0) is 37.0 Å². The second-order valence-electron chi connectivity index (χ2n) is 6.90. The molecule has 3 N–H and O–H groups in total. The molecule has 25 heavy (non-hydrogen) atoms. The maximum Gasteiger partial charge on any atom is 0.265 e. The normalized spacial score (nSPS) is 11.0. The van der Waals surface area contributed by atoms with E-state index >= 15 is 0 Å². The molecule has 3 nitrogen and oxygen atoms in total. The summed E-state index contributed by atoms with van der Waals surface area (Å²) in [6.07, 6.45) is 13.4. The lowest BCUT2D eigenvalue weighted by Gasteiger charge is -2.28. The first-order valence-electron chi connectivity index (χ1n) is 9.55. The molecule has 0 aliphatic rings. The highest BCUT2D eigenvalue weighted by Gasteiger charge is 2.35. The first-order chi connectivity index (χ1) is 11.6. The predicted molar refractivity (Wildman–Crippen MR) is 108 cm³/mol. The van der Waals surface area contributed by atoms with E-state index in [9.17, 15) is 4.79 Å². The number of nitrogen functional groups attached to an aromatic ring is 1. The highest BCUT2D eigenvalue weighted by Crippen LogP contribution is 2.63. The van der Waals surface area contributed by atoms with Crippen LogP contribution in [0.15, 0.2) is 24.3 Å². The summed E-state index contributed by atoms with van der Waals surface area (Å²) >= 11 is 0. The number of amides is 1. The Hall–Kier alpha value is -0.440. The van der Waals surface area contributed by atoms with Crippen LogP contribution in [0.4, 0.5) is 0 Å². The van der Waals surface area contributed by atoms with Crippen molar-refractivity contribution in [1.82, 2.24) is 5.43 Å². The molecule has 0 saturated heterocycles. The van der Waals surface area contributed by atoms with E-state index in [0.29, 0.717) is 5.56 Å². The van der Waals surface area contributed by atoms with E-state index in [2.05, 4.69) is 38.3 Å². The quantitative estimate of drug-likeness (QED) is 0.231. The van der Waals surface area contributed by atoms with E-state index in [1.165, 1.54) is 68.7 Å². The van der Waals surface area contributed by atoms with E-state index in [4.69, 9.17) is 5.84 Å². The second kappa shape index (κ2) is 13.7. The third-order valence-electron chi connectivity index (χ3n) is 4.82. The summed E-state index contributed by atoms with van der Waals surface area (Å²) in [4.78, 5) is 11.6. The average molecular weight is 431 g/mol. The molecule has 0 aliphatic carbocycles. The molecule has 1 aromatic rings. The minimum absolute atomic E-state index is 0. The van der Waals surface area contributed by atoms with Crippen molar-refractivity contribution in [3.63, 3.8) is 0 Å². The fourth-order valence-corrected chi connectivity index (χ4v) is 8.38. The summed E-state index contributed by atoms with van der Waals surface area (Å²) < 4.78 is 0. The Balaban J connectivity index is 0.00000576. The molecule has 1 rings (SSSR count). The van der Waals surface area contributed by atoms with E-state index in [0.717, 1.165) is 0 Å². The van der Waals surface area contributed by atoms with Gasteiger partial charge in [0.25, 0.3) is 5.91 Å². The summed E-state index contributed by atoms with van der Waals surface area (Å²) in [5, 5.41) is 0. The molecule has 0 saturated carbocycles. The molecular formula is C20H36BrN2OP. The zero-order valence-electron chi connectivity index (χ0n) is 16.2. The molecule has 0 bridgehead atoms. The fraction of sp³-hybridized carbons (Fsp3) is 0.650. The van der Waals surface area contributed by atoms with Crippen LogP contribution in [-0.4, -0.2) is 24.4 Å². The number of carbonyl (C=O) groups excluding carboxylic acids is 1. The predicted octanol–water partition coefficient (Wildman–Crippen LogP) is 2.21. The van der Waals surface area contributed by atoms with Gasteiger partial charge in [0.1, 0.15) is 0 Å². The van der Waals surface area contributed by atoms with Gasteiger partial charge in [-0.25, -0.2) is 5.84 Å². The molecule has 1 amide bonds. The number of hydrazine groups is 1. The molecule has 0 radical (unpaired) electrons. The van der Waals surface area contributed by atoms with Crippen LogP contribution < -0.4 is 28.2 Å². The third-order valence-corrected chi connectivity index (χ3v) is 9.65. The van der Waals surface area contributed by atoms with Crippen LogP contribution in [0.3, 0.4) is 0 Å². The van der Waals surface area contributed by atoms with Crippen LogP contribution in [0.5, 0.6) is 0 Å². The Morgan fingerprint density at radius 2 is 1.36 bits per heavy atom. The molecule has 0 fully saturated rings. The van der Waals surface area contributed by atoms with Gasteiger partial charge >= 0.3 is 0 Å². The van der Waals surface area contributed by atoms with Crippen LogP contribution in [0, 0.1) is 0 Å². The van der Waals surface area contributed by atoms with E-state index in [1.54, 1.807) is 0 Å². The Bertz CT molecular complexity index is 457. The van der Waals surface area contributed by atoms with Gasteiger partial charge in [-0.3, -0.25) is 10.2 Å². The molecule has 0 unspecified atom stereocenters. The number of hydrogen-bond acceptors (Lipinski definition) is 2. The van der Waals surface area contributed by atoms with E-state index < -0.39 is 7.26 Å². The van der Waals surface area contributed by atoms with Crippen molar-refractivity contribution in [3.05, 3.63) is 35.4 Å². The minimum atomic E-state index is -0.939. The highest BCUT2D eigenvalue weighted by atomic mass is 79.9. The van der Waals surface area contributed by atoms with Crippen molar-refractivity contribution in [2.24, 2.45) is 5.84 Å². The zero-order chi connectivity index (χ0) is 17.8. The summed E-state index contributed by atoms with van der Waals surface area (Å²) in [5.74, 6) is 5.00. The van der Waals surface area contributed by atoms with Crippen molar-refractivity contribution in [1.29, 1.82) is 0 Å². The first-order valence-corrected chi connectivity index (χ1v) is 12.1. The highest BCUT2D eigenvalue weighted by molar-refractivity contribution is 7.75. The average Bonchev–Trinajstić information content (AvgIpc) is 2.62. The summed E-state index contributed by atoms with van der Waals surface area (Å²) in [6, 6.07) is 8.07. The molecule has 0 atom stereocenters. The zero-order valence-corrected chi connectivity index (χ0v) is 18.7. The van der Waals surface area contributed by atoms with Gasteiger partial charge in [-0.15, -0.1) is 0 Å². The standard InChI is InChI=1S/C20H35N2OP.BrH/c1-4-7-14-24(15-8-5-2,16-9-6-3)17-18-10-12-19(13-11-18)20(23)22-21;/h10-13H,4-9,14-17,21H2,1-3H3;1H. The monoisotopic (exact) mass is 430 g/mol. The van der Waals surface area contributed by atoms with Crippen LogP contribution in [-0.2, 0) is 6.16 Å². The Morgan fingerprint density at radius 1 is 0.920 bits per heavy atom.